The number of halogens is 2. The van der Waals surface area contributed by atoms with E-state index < -0.39 is 0 Å². The van der Waals surface area contributed by atoms with Crippen molar-refractivity contribution >= 4 is 63.2 Å². The number of rotatable bonds is 7. The zero-order valence-corrected chi connectivity index (χ0v) is 15.8. The summed E-state index contributed by atoms with van der Waals surface area (Å²) in [5.74, 6) is -0.104. The van der Waals surface area contributed by atoms with Crippen molar-refractivity contribution in [2.24, 2.45) is 0 Å². The molecule has 0 spiro atoms. The summed E-state index contributed by atoms with van der Waals surface area (Å²) < 4.78 is 0.617. The Balaban J connectivity index is 1.72. The average Bonchev–Trinajstić information content (AvgIpc) is 2.96. The van der Waals surface area contributed by atoms with E-state index >= 15 is 0 Å². The molecule has 0 fully saturated rings. The summed E-state index contributed by atoms with van der Waals surface area (Å²) in [5.41, 5.74) is 0.890. The fourth-order valence-electron chi connectivity index (χ4n) is 1.73. The summed E-state index contributed by atoms with van der Waals surface area (Å²) >= 11 is 14.5. The number of anilines is 1. The topological polar surface area (TPSA) is 84.0 Å². The van der Waals surface area contributed by atoms with Crippen LogP contribution in [0, 0.1) is 0 Å². The van der Waals surface area contributed by atoms with Crippen molar-refractivity contribution in [3.63, 3.8) is 0 Å². The molecule has 0 saturated heterocycles. The first-order chi connectivity index (χ1) is 11.5. The van der Waals surface area contributed by atoms with Crippen molar-refractivity contribution in [2.45, 2.75) is 17.7 Å². The lowest BCUT2D eigenvalue weighted by molar-refractivity contribution is -0.118. The zero-order chi connectivity index (χ0) is 17.5. The Morgan fingerprint density at radius 3 is 2.83 bits per heavy atom. The van der Waals surface area contributed by atoms with E-state index in [1.807, 2.05) is 12.1 Å². The van der Waals surface area contributed by atoms with E-state index in [-0.39, 0.29) is 17.6 Å². The Morgan fingerprint density at radius 1 is 1.29 bits per heavy atom. The Bertz CT molecular complexity index is 739. The summed E-state index contributed by atoms with van der Waals surface area (Å²) in [6, 6.07) is 5.42. The summed E-state index contributed by atoms with van der Waals surface area (Å²) in [6.07, 6.45) is 0.598. The lowest BCUT2D eigenvalue weighted by atomic mass is 10.1. The van der Waals surface area contributed by atoms with Gasteiger partial charge in [0.2, 0.25) is 16.9 Å². The molecule has 128 valence electrons. The molecule has 6 nitrogen and oxygen atoms in total. The molecule has 2 amide bonds. The van der Waals surface area contributed by atoms with E-state index in [9.17, 15) is 9.59 Å². The van der Waals surface area contributed by atoms with Crippen LogP contribution in [-0.2, 0) is 16.0 Å². The predicted molar refractivity (Wildman–Crippen MR) is 98.1 cm³/mol. The van der Waals surface area contributed by atoms with Gasteiger partial charge in [0.05, 0.1) is 15.8 Å². The quantitative estimate of drug-likeness (QED) is 0.546. The number of amides is 2. The van der Waals surface area contributed by atoms with Gasteiger partial charge in [-0.15, -0.1) is 10.2 Å². The highest BCUT2D eigenvalue weighted by Gasteiger charge is 2.09. The van der Waals surface area contributed by atoms with Gasteiger partial charge < -0.3 is 10.6 Å². The minimum Gasteiger partial charge on any atom is -0.355 e. The molecule has 1 heterocycles. The number of hydrogen-bond donors (Lipinski definition) is 2. The van der Waals surface area contributed by atoms with E-state index in [2.05, 4.69) is 20.8 Å². The zero-order valence-electron chi connectivity index (χ0n) is 12.6. The molecule has 2 rings (SSSR count). The van der Waals surface area contributed by atoms with Gasteiger partial charge >= 0.3 is 0 Å². The van der Waals surface area contributed by atoms with Crippen LogP contribution in [0.4, 0.5) is 5.13 Å². The Hall–Kier alpha value is -1.35. The standard InChI is InChI=1S/C14H14Cl2N4O2S2/c1-8(21)18-13-19-20-14(24-13)23-7-11(22)17-6-5-9-3-2-4-10(15)12(9)16/h2-4H,5-7H2,1H3,(H,17,22)(H,18,19,21). The van der Waals surface area contributed by atoms with Gasteiger partial charge in [0, 0.05) is 13.5 Å². The van der Waals surface area contributed by atoms with Crippen LogP contribution in [0.15, 0.2) is 22.5 Å². The Kier molecular flexibility index (Phi) is 7.29. The third kappa shape index (κ3) is 5.94. The number of hydrogen-bond acceptors (Lipinski definition) is 6. The van der Waals surface area contributed by atoms with Crippen molar-refractivity contribution in [2.75, 3.05) is 17.6 Å². The van der Waals surface area contributed by atoms with E-state index in [1.54, 1.807) is 6.07 Å². The highest BCUT2D eigenvalue weighted by molar-refractivity contribution is 8.01. The molecular weight excluding hydrogens is 391 g/mol. The minimum absolute atomic E-state index is 0.116. The number of thioether (sulfide) groups is 1. The fraction of sp³-hybridized carbons (Fsp3) is 0.286. The normalized spacial score (nSPS) is 10.5. The van der Waals surface area contributed by atoms with Gasteiger partial charge in [0.25, 0.3) is 0 Å². The number of nitrogens with zero attached hydrogens (tertiary/aromatic N) is 2. The SMILES string of the molecule is CC(=O)Nc1nnc(SCC(=O)NCCc2cccc(Cl)c2Cl)s1. The van der Waals surface area contributed by atoms with Crippen LogP contribution >= 0.6 is 46.3 Å². The van der Waals surface area contributed by atoms with E-state index in [0.717, 1.165) is 5.56 Å². The molecule has 0 aliphatic carbocycles. The third-order valence-corrected chi connectivity index (χ3v) is 5.59. The van der Waals surface area contributed by atoms with Gasteiger partial charge in [0.1, 0.15) is 0 Å². The first kappa shape index (κ1) is 19.0. The lowest BCUT2D eigenvalue weighted by Gasteiger charge is -2.07. The maximum atomic E-state index is 11.8. The molecule has 0 aliphatic rings. The molecule has 0 radical (unpaired) electrons. The summed E-state index contributed by atoms with van der Waals surface area (Å²) in [7, 11) is 0. The molecule has 0 unspecified atom stereocenters. The minimum atomic E-state index is -0.208. The second-order valence-corrected chi connectivity index (χ2v) is 7.64. The van der Waals surface area contributed by atoms with Crippen molar-refractivity contribution in [1.82, 2.24) is 15.5 Å². The highest BCUT2D eigenvalue weighted by Crippen LogP contribution is 2.26. The van der Waals surface area contributed by atoms with Crippen molar-refractivity contribution < 1.29 is 9.59 Å². The highest BCUT2D eigenvalue weighted by atomic mass is 35.5. The molecule has 1 aromatic heterocycles. The molecule has 1 aromatic carbocycles. The van der Waals surface area contributed by atoms with Crippen molar-refractivity contribution in [1.29, 1.82) is 0 Å². The number of benzene rings is 1. The van der Waals surface area contributed by atoms with E-state index in [4.69, 9.17) is 23.2 Å². The number of carbonyl (C=O) groups excluding carboxylic acids is 2. The Labute approximate surface area is 157 Å². The molecule has 10 heteroatoms. The van der Waals surface area contributed by atoms with Gasteiger partial charge in [-0.1, -0.05) is 58.4 Å². The second kappa shape index (κ2) is 9.22. The summed E-state index contributed by atoms with van der Waals surface area (Å²) in [5, 5.41) is 14.5. The van der Waals surface area contributed by atoms with E-state index in [0.29, 0.717) is 32.5 Å². The Morgan fingerprint density at radius 2 is 2.08 bits per heavy atom. The largest absolute Gasteiger partial charge is 0.355 e. The molecule has 0 aliphatic heterocycles. The van der Waals surface area contributed by atoms with Crippen LogP contribution in [0.2, 0.25) is 10.0 Å². The third-order valence-electron chi connectivity index (χ3n) is 2.76. The van der Waals surface area contributed by atoms with Gasteiger partial charge in [0.15, 0.2) is 4.34 Å². The van der Waals surface area contributed by atoms with Crippen LogP contribution in [-0.4, -0.2) is 34.3 Å². The summed E-state index contributed by atoms with van der Waals surface area (Å²) in [4.78, 5) is 22.7. The molecule has 2 N–H and O–H groups in total. The molecule has 24 heavy (non-hydrogen) atoms. The molecule has 2 aromatic rings. The van der Waals surface area contributed by atoms with Gasteiger partial charge in [-0.25, -0.2) is 0 Å². The number of carbonyl (C=O) groups is 2. The first-order valence-corrected chi connectivity index (χ1v) is 9.45. The monoisotopic (exact) mass is 404 g/mol. The van der Waals surface area contributed by atoms with Crippen LogP contribution in [0.25, 0.3) is 0 Å². The fourth-order valence-corrected chi connectivity index (χ4v) is 3.77. The van der Waals surface area contributed by atoms with Gasteiger partial charge in [-0.05, 0) is 18.1 Å². The van der Waals surface area contributed by atoms with Gasteiger partial charge in [-0.2, -0.15) is 0 Å². The molecular formula is C14H14Cl2N4O2S2. The lowest BCUT2D eigenvalue weighted by Crippen LogP contribution is -2.27. The second-order valence-electron chi connectivity index (χ2n) is 4.66. The smallest absolute Gasteiger partial charge is 0.230 e. The average molecular weight is 405 g/mol. The molecule has 0 bridgehead atoms. The van der Waals surface area contributed by atoms with E-state index in [1.165, 1.54) is 30.0 Å². The van der Waals surface area contributed by atoms with Crippen molar-refractivity contribution in [3.8, 4) is 0 Å². The maximum absolute atomic E-state index is 11.8. The van der Waals surface area contributed by atoms with Crippen LogP contribution in [0.1, 0.15) is 12.5 Å². The molecule has 0 saturated carbocycles. The van der Waals surface area contributed by atoms with Crippen LogP contribution in [0.3, 0.4) is 0 Å². The number of aromatic nitrogens is 2. The van der Waals surface area contributed by atoms with Crippen LogP contribution in [0.5, 0.6) is 0 Å². The van der Waals surface area contributed by atoms with Crippen LogP contribution < -0.4 is 10.6 Å². The van der Waals surface area contributed by atoms with Gasteiger partial charge in [-0.3, -0.25) is 9.59 Å². The molecule has 0 atom stereocenters. The van der Waals surface area contributed by atoms with Crippen molar-refractivity contribution in [3.05, 3.63) is 33.8 Å². The predicted octanol–water partition coefficient (Wildman–Crippen LogP) is 3.25. The number of nitrogens with one attached hydrogen (secondary N) is 2. The maximum Gasteiger partial charge on any atom is 0.230 e. The summed E-state index contributed by atoms with van der Waals surface area (Å²) in [6.45, 7) is 1.86. The first-order valence-electron chi connectivity index (χ1n) is 6.89.